The van der Waals surface area contributed by atoms with Crippen molar-refractivity contribution in [1.29, 1.82) is 0 Å². The number of aryl methyl sites for hydroxylation is 3. The number of thiophene rings is 1. The summed E-state index contributed by atoms with van der Waals surface area (Å²) in [5.74, 6) is 1.85. The minimum Gasteiger partial charge on any atom is -0.340 e. The van der Waals surface area contributed by atoms with Crippen molar-refractivity contribution in [2.45, 2.75) is 45.4 Å². The van der Waals surface area contributed by atoms with Gasteiger partial charge in [0, 0.05) is 17.0 Å². The van der Waals surface area contributed by atoms with Crippen molar-refractivity contribution in [3.8, 4) is 0 Å². The van der Waals surface area contributed by atoms with E-state index >= 15 is 0 Å². The molecule has 0 amide bonds. The van der Waals surface area contributed by atoms with E-state index in [-0.39, 0.29) is 0 Å². The van der Waals surface area contributed by atoms with E-state index in [0.29, 0.717) is 0 Å². The summed E-state index contributed by atoms with van der Waals surface area (Å²) >= 11 is 1.86. The fraction of sp³-hybridized carbons (Fsp3) is 0.280. The molecule has 0 bridgehead atoms. The molecule has 0 atom stereocenters. The molecule has 1 aliphatic carbocycles. The van der Waals surface area contributed by atoms with Crippen LogP contribution in [-0.2, 0) is 25.7 Å². The zero-order valence-electron chi connectivity index (χ0n) is 16.7. The fourth-order valence-corrected chi connectivity index (χ4v) is 5.39. The lowest BCUT2D eigenvalue weighted by Gasteiger charge is -2.14. The van der Waals surface area contributed by atoms with Crippen LogP contribution < -0.4 is 5.32 Å². The van der Waals surface area contributed by atoms with Crippen LogP contribution in [0.1, 0.15) is 47.2 Å². The monoisotopic (exact) mass is 399 g/mol. The van der Waals surface area contributed by atoms with E-state index in [4.69, 9.17) is 9.97 Å². The van der Waals surface area contributed by atoms with Crippen LogP contribution in [-0.4, -0.2) is 9.97 Å². The molecule has 2 aromatic carbocycles. The van der Waals surface area contributed by atoms with Gasteiger partial charge in [-0.05, 0) is 60.9 Å². The molecule has 2 aromatic heterocycles. The lowest BCUT2D eigenvalue weighted by atomic mass is 9.97. The lowest BCUT2D eigenvalue weighted by molar-refractivity contribution is 0.700. The Morgan fingerprint density at radius 2 is 1.69 bits per heavy atom. The van der Waals surface area contributed by atoms with E-state index in [1.54, 1.807) is 0 Å². The van der Waals surface area contributed by atoms with Gasteiger partial charge in [-0.1, -0.05) is 49.4 Å². The highest BCUT2D eigenvalue weighted by atomic mass is 32.1. The van der Waals surface area contributed by atoms with Gasteiger partial charge in [0.1, 0.15) is 16.5 Å². The molecule has 0 saturated heterocycles. The maximum Gasteiger partial charge on any atom is 0.143 e. The maximum atomic E-state index is 5.00. The van der Waals surface area contributed by atoms with E-state index in [1.807, 2.05) is 17.4 Å². The number of rotatable bonds is 5. The summed E-state index contributed by atoms with van der Waals surface area (Å²) in [7, 11) is 0. The molecule has 1 N–H and O–H groups in total. The second-order valence-electron chi connectivity index (χ2n) is 7.72. The standard InChI is InChI=1S/C25H25N3S/c1-2-17-12-14-19(15-13-17)26-24-23-20-10-6-7-11-21(20)29-25(23)28-22(27-24)16-18-8-4-3-5-9-18/h3-5,8-9,12-15H,2,6-7,10-11,16H2,1H3,(H,26,27,28). The molecule has 4 heteroatoms. The lowest BCUT2D eigenvalue weighted by Crippen LogP contribution is -2.04. The molecule has 0 unspecified atom stereocenters. The van der Waals surface area contributed by atoms with Gasteiger partial charge >= 0.3 is 0 Å². The highest BCUT2D eigenvalue weighted by molar-refractivity contribution is 7.19. The molecule has 1 aliphatic rings. The quantitative estimate of drug-likeness (QED) is 0.418. The van der Waals surface area contributed by atoms with Crippen LogP contribution >= 0.6 is 11.3 Å². The van der Waals surface area contributed by atoms with Crippen LogP contribution in [0.25, 0.3) is 10.2 Å². The SMILES string of the molecule is CCc1ccc(Nc2nc(Cc3ccccc3)nc3sc4c(c23)CCCC4)cc1. The summed E-state index contributed by atoms with van der Waals surface area (Å²) in [6.45, 7) is 2.18. The van der Waals surface area contributed by atoms with Gasteiger partial charge in [-0.2, -0.15) is 0 Å². The first-order valence-electron chi connectivity index (χ1n) is 10.5. The Balaban J connectivity index is 1.59. The van der Waals surface area contributed by atoms with Crippen LogP contribution in [0.5, 0.6) is 0 Å². The third-order valence-electron chi connectivity index (χ3n) is 5.69. The zero-order valence-corrected chi connectivity index (χ0v) is 17.6. The molecule has 146 valence electrons. The number of aromatic nitrogens is 2. The number of hydrogen-bond donors (Lipinski definition) is 1. The molecule has 2 heterocycles. The largest absolute Gasteiger partial charge is 0.340 e. The maximum absolute atomic E-state index is 5.00. The summed E-state index contributed by atoms with van der Waals surface area (Å²) in [5.41, 5.74) is 5.14. The Kier molecular flexibility index (Phi) is 5.03. The van der Waals surface area contributed by atoms with Gasteiger partial charge in [0.2, 0.25) is 0 Å². The third-order valence-corrected chi connectivity index (χ3v) is 6.88. The van der Waals surface area contributed by atoms with Crippen LogP contribution in [0, 0.1) is 0 Å². The van der Waals surface area contributed by atoms with Crippen molar-refractivity contribution in [2.24, 2.45) is 0 Å². The Morgan fingerprint density at radius 3 is 2.48 bits per heavy atom. The second kappa shape index (κ2) is 7.96. The van der Waals surface area contributed by atoms with Gasteiger partial charge in [0.25, 0.3) is 0 Å². The average Bonchev–Trinajstić information content (AvgIpc) is 3.13. The summed E-state index contributed by atoms with van der Waals surface area (Å²) in [6, 6.07) is 19.2. The van der Waals surface area contributed by atoms with Crippen molar-refractivity contribution in [3.05, 3.63) is 82.0 Å². The number of nitrogens with zero attached hydrogens (tertiary/aromatic N) is 2. The van der Waals surface area contributed by atoms with Gasteiger partial charge in [-0.25, -0.2) is 9.97 Å². The Labute approximate surface area is 175 Å². The molecule has 0 aliphatic heterocycles. The zero-order chi connectivity index (χ0) is 19.6. The normalized spacial score (nSPS) is 13.4. The minimum atomic E-state index is 0.753. The molecule has 0 radical (unpaired) electrons. The van der Waals surface area contributed by atoms with Crippen LogP contribution in [0.3, 0.4) is 0 Å². The smallest absolute Gasteiger partial charge is 0.143 e. The van der Waals surface area contributed by atoms with Gasteiger partial charge in [0.05, 0.1) is 5.39 Å². The molecular weight excluding hydrogens is 374 g/mol. The van der Waals surface area contributed by atoms with E-state index in [2.05, 4.69) is 60.8 Å². The van der Waals surface area contributed by atoms with E-state index in [9.17, 15) is 0 Å². The van der Waals surface area contributed by atoms with Gasteiger partial charge in [-0.15, -0.1) is 11.3 Å². The van der Waals surface area contributed by atoms with Crippen molar-refractivity contribution >= 4 is 33.1 Å². The van der Waals surface area contributed by atoms with Crippen molar-refractivity contribution in [1.82, 2.24) is 9.97 Å². The third kappa shape index (κ3) is 3.77. The molecule has 0 saturated carbocycles. The highest BCUT2D eigenvalue weighted by Gasteiger charge is 2.21. The van der Waals surface area contributed by atoms with Crippen LogP contribution in [0.4, 0.5) is 11.5 Å². The predicted octanol–water partition coefficient (Wildman–Crippen LogP) is 6.47. The first-order valence-corrected chi connectivity index (χ1v) is 11.3. The van der Waals surface area contributed by atoms with Crippen LogP contribution in [0.2, 0.25) is 0 Å². The molecule has 29 heavy (non-hydrogen) atoms. The topological polar surface area (TPSA) is 37.8 Å². The first-order chi connectivity index (χ1) is 14.3. The summed E-state index contributed by atoms with van der Waals surface area (Å²) in [4.78, 5) is 12.6. The molecule has 3 nitrogen and oxygen atoms in total. The van der Waals surface area contributed by atoms with Crippen LogP contribution in [0.15, 0.2) is 54.6 Å². The number of fused-ring (bicyclic) bond motifs is 3. The highest BCUT2D eigenvalue weighted by Crippen LogP contribution is 2.39. The number of anilines is 2. The Hall–Kier alpha value is -2.72. The number of hydrogen-bond acceptors (Lipinski definition) is 4. The van der Waals surface area contributed by atoms with Crippen molar-refractivity contribution in [2.75, 3.05) is 5.32 Å². The average molecular weight is 400 g/mol. The van der Waals surface area contributed by atoms with Crippen molar-refractivity contribution < 1.29 is 0 Å². The fourth-order valence-electron chi connectivity index (χ4n) is 4.11. The second-order valence-corrected chi connectivity index (χ2v) is 8.80. The molecule has 5 rings (SSSR count). The molecule has 0 fully saturated rings. The van der Waals surface area contributed by atoms with Gasteiger partial charge in [-0.3, -0.25) is 0 Å². The van der Waals surface area contributed by atoms with Gasteiger partial charge < -0.3 is 5.32 Å². The predicted molar refractivity (Wildman–Crippen MR) is 122 cm³/mol. The Bertz CT molecular complexity index is 1130. The van der Waals surface area contributed by atoms with Gasteiger partial charge in [0.15, 0.2) is 0 Å². The van der Waals surface area contributed by atoms with Crippen molar-refractivity contribution in [3.63, 3.8) is 0 Å². The summed E-state index contributed by atoms with van der Waals surface area (Å²) in [5, 5.41) is 4.85. The number of benzene rings is 2. The summed E-state index contributed by atoms with van der Waals surface area (Å²) in [6.07, 6.45) is 6.66. The number of nitrogens with one attached hydrogen (secondary N) is 1. The van der Waals surface area contributed by atoms with E-state index in [0.717, 1.165) is 41.4 Å². The van der Waals surface area contributed by atoms with E-state index in [1.165, 1.54) is 46.2 Å². The summed E-state index contributed by atoms with van der Waals surface area (Å²) < 4.78 is 0. The first kappa shape index (κ1) is 18.3. The molecule has 4 aromatic rings. The van der Waals surface area contributed by atoms with E-state index < -0.39 is 0 Å². The molecule has 0 spiro atoms. The molecular formula is C25H25N3S. The minimum absolute atomic E-state index is 0.753. The Morgan fingerprint density at radius 1 is 0.897 bits per heavy atom.